The van der Waals surface area contributed by atoms with Crippen LogP contribution < -0.4 is 5.73 Å². The van der Waals surface area contributed by atoms with Gasteiger partial charge in [-0.15, -0.1) is 0 Å². The van der Waals surface area contributed by atoms with Crippen molar-refractivity contribution in [3.63, 3.8) is 0 Å². The smallest absolute Gasteiger partial charge is 0.234 e. The van der Waals surface area contributed by atoms with Gasteiger partial charge >= 0.3 is 0 Å². The molecule has 1 aliphatic rings. The normalized spacial score (nSPS) is 21.9. The van der Waals surface area contributed by atoms with Crippen molar-refractivity contribution < 1.29 is 4.79 Å². The van der Waals surface area contributed by atoms with Crippen LogP contribution in [0.25, 0.3) is 0 Å². The van der Waals surface area contributed by atoms with E-state index in [1.165, 1.54) is 5.56 Å². The summed E-state index contributed by atoms with van der Waals surface area (Å²) in [5.41, 5.74) is 6.83. The van der Waals surface area contributed by atoms with Gasteiger partial charge in [0.05, 0.1) is 6.04 Å². The fourth-order valence-electron chi connectivity index (χ4n) is 2.91. The number of hydrogen-bond donors (Lipinski definition) is 1. The minimum absolute atomic E-state index is 0.0568. The Morgan fingerprint density at radius 1 is 1.44 bits per heavy atom. The molecule has 3 nitrogen and oxygen atoms in total. The van der Waals surface area contributed by atoms with Crippen molar-refractivity contribution in [1.82, 2.24) is 4.90 Å². The maximum Gasteiger partial charge on any atom is 0.234 e. The maximum atomic E-state index is 11.5. The maximum absolute atomic E-state index is 11.5. The molecular formula is C15H22N2O. The highest BCUT2D eigenvalue weighted by Gasteiger charge is 2.33. The molecule has 0 bridgehead atoms. The molecule has 98 valence electrons. The lowest BCUT2D eigenvalue weighted by atomic mass is 10.0. The zero-order valence-electron chi connectivity index (χ0n) is 11.0. The third-order valence-electron chi connectivity index (χ3n) is 3.88. The Morgan fingerprint density at radius 3 is 2.78 bits per heavy atom. The lowest BCUT2D eigenvalue weighted by Gasteiger charge is -2.31. The summed E-state index contributed by atoms with van der Waals surface area (Å²) in [6, 6.07) is 10.8. The quantitative estimate of drug-likeness (QED) is 0.863. The number of carbonyl (C=O) groups excluding carboxylic acids is 1. The molecule has 2 rings (SSSR count). The van der Waals surface area contributed by atoms with Gasteiger partial charge in [-0.2, -0.15) is 0 Å². The van der Waals surface area contributed by atoms with Gasteiger partial charge in [0.15, 0.2) is 0 Å². The second kappa shape index (κ2) is 6.01. The first-order valence-electron chi connectivity index (χ1n) is 6.81. The molecule has 3 heteroatoms. The van der Waals surface area contributed by atoms with E-state index in [9.17, 15) is 4.79 Å². The molecule has 1 fully saturated rings. The Bertz CT molecular complexity index is 391. The van der Waals surface area contributed by atoms with Crippen molar-refractivity contribution in [2.75, 3.05) is 6.54 Å². The van der Waals surface area contributed by atoms with Crippen molar-refractivity contribution >= 4 is 5.91 Å². The van der Waals surface area contributed by atoms with E-state index in [1.807, 2.05) is 6.07 Å². The number of hydrogen-bond acceptors (Lipinski definition) is 2. The predicted octanol–water partition coefficient (Wildman–Crippen LogP) is 1.96. The van der Waals surface area contributed by atoms with Gasteiger partial charge < -0.3 is 5.73 Å². The van der Waals surface area contributed by atoms with Gasteiger partial charge in [-0.1, -0.05) is 37.3 Å². The second-order valence-electron chi connectivity index (χ2n) is 5.05. The standard InChI is InChI=1S/C15H22N2O/c1-2-13(11-12-7-4-3-5-8-12)17-10-6-9-14(17)15(16)18/h3-5,7-8,13-14H,2,6,9-11H2,1H3,(H2,16,18)/t13?,14-/m0/s1. The molecular weight excluding hydrogens is 224 g/mol. The first kappa shape index (κ1) is 13.1. The number of carbonyl (C=O) groups is 1. The van der Waals surface area contributed by atoms with E-state index in [0.717, 1.165) is 32.2 Å². The highest BCUT2D eigenvalue weighted by Crippen LogP contribution is 2.23. The molecule has 1 aliphatic heterocycles. The molecule has 1 aromatic rings. The Kier molecular flexibility index (Phi) is 4.37. The van der Waals surface area contributed by atoms with Crippen LogP contribution in [0.3, 0.4) is 0 Å². The van der Waals surface area contributed by atoms with Gasteiger partial charge in [-0.05, 0) is 37.8 Å². The zero-order chi connectivity index (χ0) is 13.0. The molecule has 1 amide bonds. The van der Waals surface area contributed by atoms with E-state index in [0.29, 0.717) is 6.04 Å². The topological polar surface area (TPSA) is 46.3 Å². The van der Waals surface area contributed by atoms with E-state index in [2.05, 4.69) is 36.1 Å². The summed E-state index contributed by atoms with van der Waals surface area (Å²) in [7, 11) is 0. The second-order valence-corrected chi connectivity index (χ2v) is 5.05. The van der Waals surface area contributed by atoms with Crippen LogP contribution in [0.2, 0.25) is 0 Å². The number of primary amides is 1. The summed E-state index contributed by atoms with van der Waals surface area (Å²) in [5, 5.41) is 0. The van der Waals surface area contributed by atoms with Crippen LogP contribution in [0.15, 0.2) is 30.3 Å². The van der Waals surface area contributed by atoms with E-state index in [1.54, 1.807) is 0 Å². The molecule has 1 heterocycles. The van der Waals surface area contributed by atoms with Crippen molar-refractivity contribution in [3.05, 3.63) is 35.9 Å². The fourth-order valence-corrected chi connectivity index (χ4v) is 2.91. The summed E-state index contributed by atoms with van der Waals surface area (Å²) in [5.74, 6) is -0.168. The first-order chi connectivity index (χ1) is 8.72. The van der Waals surface area contributed by atoms with Gasteiger partial charge in [0, 0.05) is 6.04 Å². The van der Waals surface area contributed by atoms with Gasteiger partial charge in [-0.25, -0.2) is 0 Å². The third-order valence-corrected chi connectivity index (χ3v) is 3.88. The molecule has 1 aromatic carbocycles. The molecule has 2 atom stereocenters. The largest absolute Gasteiger partial charge is 0.368 e. The SMILES string of the molecule is CCC(Cc1ccccc1)N1CCC[C@H]1C(N)=O. The summed E-state index contributed by atoms with van der Waals surface area (Å²) in [4.78, 5) is 13.8. The molecule has 0 aromatic heterocycles. The van der Waals surface area contributed by atoms with E-state index < -0.39 is 0 Å². The Morgan fingerprint density at radius 2 is 2.17 bits per heavy atom. The van der Waals surface area contributed by atoms with Crippen molar-refractivity contribution in [3.8, 4) is 0 Å². The minimum Gasteiger partial charge on any atom is -0.368 e. The summed E-state index contributed by atoms with van der Waals surface area (Å²) in [6.07, 6.45) is 4.05. The molecule has 0 radical (unpaired) electrons. The van der Waals surface area contributed by atoms with Crippen LogP contribution in [0.1, 0.15) is 31.7 Å². The number of nitrogens with zero attached hydrogens (tertiary/aromatic N) is 1. The van der Waals surface area contributed by atoms with Gasteiger partial charge in [-0.3, -0.25) is 9.69 Å². The van der Waals surface area contributed by atoms with Crippen LogP contribution in [0.5, 0.6) is 0 Å². The average molecular weight is 246 g/mol. The van der Waals surface area contributed by atoms with Crippen LogP contribution in [-0.2, 0) is 11.2 Å². The number of rotatable bonds is 5. The molecule has 1 unspecified atom stereocenters. The first-order valence-corrected chi connectivity index (χ1v) is 6.81. The third kappa shape index (κ3) is 2.91. The average Bonchev–Trinajstić information content (AvgIpc) is 2.86. The molecule has 0 saturated carbocycles. The van der Waals surface area contributed by atoms with Gasteiger partial charge in [0.2, 0.25) is 5.91 Å². The predicted molar refractivity (Wildman–Crippen MR) is 73.1 cm³/mol. The number of benzene rings is 1. The highest BCUT2D eigenvalue weighted by atomic mass is 16.1. The molecule has 18 heavy (non-hydrogen) atoms. The monoisotopic (exact) mass is 246 g/mol. The van der Waals surface area contributed by atoms with E-state index in [4.69, 9.17) is 5.73 Å². The van der Waals surface area contributed by atoms with E-state index in [-0.39, 0.29) is 11.9 Å². The van der Waals surface area contributed by atoms with Crippen molar-refractivity contribution in [1.29, 1.82) is 0 Å². The molecule has 0 spiro atoms. The summed E-state index contributed by atoms with van der Waals surface area (Å²) in [6.45, 7) is 3.18. The Balaban J connectivity index is 2.06. The lowest BCUT2D eigenvalue weighted by Crippen LogP contribution is -2.46. The number of nitrogens with two attached hydrogens (primary N) is 1. The van der Waals surface area contributed by atoms with Crippen LogP contribution >= 0.6 is 0 Å². The van der Waals surface area contributed by atoms with Crippen LogP contribution in [0, 0.1) is 0 Å². The molecule has 2 N–H and O–H groups in total. The number of likely N-dealkylation sites (tertiary alicyclic amines) is 1. The Labute approximate surface area is 109 Å². The fraction of sp³-hybridized carbons (Fsp3) is 0.533. The molecule has 0 aliphatic carbocycles. The Hall–Kier alpha value is -1.35. The zero-order valence-corrected chi connectivity index (χ0v) is 11.0. The van der Waals surface area contributed by atoms with Gasteiger partial charge in [0.25, 0.3) is 0 Å². The lowest BCUT2D eigenvalue weighted by molar-refractivity contribution is -0.123. The number of amides is 1. The van der Waals surface area contributed by atoms with Crippen molar-refractivity contribution in [2.45, 2.75) is 44.7 Å². The summed E-state index contributed by atoms with van der Waals surface area (Å²) < 4.78 is 0. The van der Waals surface area contributed by atoms with Gasteiger partial charge in [0.1, 0.15) is 0 Å². The van der Waals surface area contributed by atoms with Crippen LogP contribution in [-0.4, -0.2) is 29.4 Å². The highest BCUT2D eigenvalue weighted by molar-refractivity contribution is 5.80. The van der Waals surface area contributed by atoms with Crippen molar-refractivity contribution in [2.24, 2.45) is 5.73 Å². The van der Waals surface area contributed by atoms with Crippen LogP contribution in [0.4, 0.5) is 0 Å². The molecule has 1 saturated heterocycles. The van der Waals surface area contributed by atoms with E-state index >= 15 is 0 Å². The minimum atomic E-state index is -0.168. The summed E-state index contributed by atoms with van der Waals surface area (Å²) >= 11 is 0.